The number of carbonyl (C=O) groups excluding carboxylic acids is 1. The maximum absolute atomic E-state index is 12.0. The second-order valence-electron chi connectivity index (χ2n) is 7.80. The number of fused-ring (bicyclic) bond motifs is 1. The first kappa shape index (κ1) is 19.9. The molecule has 1 aromatic rings. The number of ether oxygens (including phenoxy) is 2. The normalized spacial score (nSPS) is 19.8. The summed E-state index contributed by atoms with van der Waals surface area (Å²) < 4.78 is 10.9. The lowest BCUT2D eigenvalue weighted by Crippen LogP contribution is -2.40. The number of hydrogen-bond donors (Lipinski definition) is 1. The van der Waals surface area contributed by atoms with Crippen LogP contribution in [0.4, 0.5) is 0 Å². The molecular weight excluding hydrogens is 366 g/mol. The highest BCUT2D eigenvalue weighted by Gasteiger charge is 2.26. The second kappa shape index (κ2) is 9.37. The van der Waals surface area contributed by atoms with E-state index in [-0.39, 0.29) is 5.91 Å². The van der Waals surface area contributed by atoms with Gasteiger partial charge < -0.3 is 14.8 Å². The van der Waals surface area contributed by atoms with Crippen molar-refractivity contribution in [3.8, 4) is 5.88 Å². The molecule has 0 spiro atoms. The molecule has 29 heavy (non-hydrogen) atoms. The van der Waals surface area contributed by atoms with Crippen LogP contribution in [0.15, 0.2) is 53.5 Å². The van der Waals surface area contributed by atoms with Gasteiger partial charge >= 0.3 is 0 Å². The Hall–Kier alpha value is -2.44. The molecule has 1 aromatic heterocycles. The first-order chi connectivity index (χ1) is 14.2. The molecule has 1 N–H and O–H groups in total. The predicted octanol–water partition coefficient (Wildman–Crippen LogP) is 3.24. The zero-order valence-corrected chi connectivity index (χ0v) is 17.0. The van der Waals surface area contributed by atoms with Crippen LogP contribution in [0.5, 0.6) is 5.88 Å². The van der Waals surface area contributed by atoms with E-state index in [0.717, 1.165) is 37.7 Å². The summed E-state index contributed by atoms with van der Waals surface area (Å²) in [6, 6.07) is 4.26. The molecule has 0 bridgehead atoms. The monoisotopic (exact) mass is 395 g/mol. The smallest absolute Gasteiger partial charge is 0.252 e. The van der Waals surface area contributed by atoms with E-state index in [1.165, 1.54) is 30.4 Å². The molecule has 6 heteroatoms. The van der Waals surface area contributed by atoms with Crippen LogP contribution in [0.3, 0.4) is 0 Å². The minimum absolute atomic E-state index is 0.162. The minimum Gasteiger partial charge on any atom is -0.443 e. The zero-order valence-electron chi connectivity index (χ0n) is 17.0. The highest BCUT2D eigenvalue weighted by Crippen LogP contribution is 2.32. The number of amides is 1. The summed E-state index contributed by atoms with van der Waals surface area (Å²) in [5.74, 6) is 1.24. The summed E-state index contributed by atoms with van der Waals surface area (Å²) in [7, 11) is 1.60. The number of allylic oxidation sites excluding steroid dienone is 3. The average molecular weight is 396 g/mol. The Kier molecular flexibility index (Phi) is 6.42. The molecule has 0 atom stereocenters. The highest BCUT2D eigenvalue weighted by atomic mass is 16.5. The van der Waals surface area contributed by atoms with Gasteiger partial charge in [-0.25, -0.2) is 4.98 Å². The van der Waals surface area contributed by atoms with Gasteiger partial charge in [-0.05, 0) is 42.6 Å². The molecule has 0 radical (unpaired) electrons. The summed E-state index contributed by atoms with van der Waals surface area (Å²) in [6.45, 7) is 3.15. The Morgan fingerprint density at radius 3 is 2.90 bits per heavy atom. The van der Waals surface area contributed by atoms with Crippen molar-refractivity contribution in [1.82, 2.24) is 15.2 Å². The van der Waals surface area contributed by atoms with Crippen molar-refractivity contribution >= 4 is 5.91 Å². The van der Waals surface area contributed by atoms with E-state index in [2.05, 4.69) is 33.4 Å². The summed E-state index contributed by atoms with van der Waals surface area (Å²) >= 11 is 0. The number of pyridine rings is 1. The van der Waals surface area contributed by atoms with Crippen LogP contribution < -0.4 is 10.1 Å². The van der Waals surface area contributed by atoms with E-state index in [4.69, 9.17) is 9.47 Å². The van der Waals surface area contributed by atoms with E-state index >= 15 is 0 Å². The van der Waals surface area contributed by atoms with E-state index in [9.17, 15) is 4.79 Å². The van der Waals surface area contributed by atoms with Crippen molar-refractivity contribution in [3.63, 3.8) is 0 Å². The predicted molar refractivity (Wildman–Crippen MR) is 112 cm³/mol. The molecule has 1 saturated carbocycles. The van der Waals surface area contributed by atoms with Crippen molar-refractivity contribution in [1.29, 1.82) is 0 Å². The molecule has 0 aromatic carbocycles. The van der Waals surface area contributed by atoms with Gasteiger partial charge in [0, 0.05) is 51.5 Å². The average Bonchev–Trinajstić information content (AvgIpc) is 2.90. The molecule has 0 saturated heterocycles. The fraction of sp³-hybridized carbons (Fsp3) is 0.478. The van der Waals surface area contributed by atoms with Gasteiger partial charge in [0.2, 0.25) is 5.88 Å². The van der Waals surface area contributed by atoms with Gasteiger partial charge in [0.15, 0.2) is 0 Å². The molecular formula is C23H29N3O3. The number of aromatic nitrogens is 1. The zero-order chi connectivity index (χ0) is 20.1. The molecule has 0 unspecified atom stereocenters. The molecule has 6 nitrogen and oxygen atoms in total. The van der Waals surface area contributed by atoms with Crippen LogP contribution in [0.1, 0.15) is 42.5 Å². The van der Waals surface area contributed by atoms with Crippen molar-refractivity contribution in [2.45, 2.75) is 38.1 Å². The topological polar surface area (TPSA) is 63.7 Å². The summed E-state index contributed by atoms with van der Waals surface area (Å²) in [4.78, 5) is 18.9. The lowest BCUT2D eigenvalue weighted by atomic mass is 9.91. The van der Waals surface area contributed by atoms with E-state index < -0.39 is 0 Å². The molecule has 2 heterocycles. The van der Waals surface area contributed by atoms with Gasteiger partial charge in [-0.3, -0.25) is 9.69 Å². The summed E-state index contributed by atoms with van der Waals surface area (Å²) in [5.41, 5.74) is 3.31. The van der Waals surface area contributed by atoms with Crippen LogP contribution in [0, 0.1) is 0 Å². The third-order valence-corrected chi connectivity index (χ3v) is 5.91. The van der Waals surface area contributed by atoms with Gasteiger partial charge in [-0.15, -0.1) is 0 Å². The van der Waals surface area contributed by atoms with Crippen LogP contribution in [-0.2, 0) is 4.74 Å². The standard InChI is InChI=1S/C23H29N3O3/c1-28-14-11-24-23(27)19-6-8-22(25-16-19)29-21-7-5-17-9-12-26(20-3-2-4-20)13-10-18(17)15-21/h5-8,10,16,20H,2-4,9,11-15H2,1H3,(H,24,27). The largest absolute Gasteiger partial charge is 0.443 e. The van der Waals surface area contributed by atoms with Crippen molar-refractivity contribution < 1.29 is 14.3 Å². The lowest BCUT2D eigenvalue weighted by Gasteiger charge is -2.36. The van der Waals surface area contributed by atoms with Gasteiger partial charge in [-0.1, -0.05) is 18.6 Å². The molecule has 1 aliphatic heterocycles. The van der Waals surface area contributed by atoms with Gasteiger partial charge in [-0.2, -0.15) is 0 Å². The Bertz CT molecular complexity index is 822. The third-order valence-electron chi connectivity index (χ3n) is 5.91. The Labute approximate surface area is 172 Å². The molecule has 1 fully saturated rings. The maximum atomic E-state index is 12.0. The molecule has 3 aliphatic rings. The molecule has 2 aliphatic carbocycles. The van der Waals surface area contributed by atoms with Crippen LogP contribution in [0.2, 0.25) is 0 Å². The van der Waals surface area contributed by atoms with Gasteiger partial charge in [0.1, 0.15) is 5.76 Å². The molecule has 1 amide bonds. The number of hydrogen-bond acceptors (Lipinski definition) is 5. The quantitative estimate of drug-likeness (QED) is 0.718. The lowest BCUT2D eigenvalue weighted by molar-refractivity contribution is 0.0936. The summed E-state index contributed by atoms with van der Waals surface area (Å²) in [6.07, 6.45) is 14.1. The molecule has 154 valence electrons. The Morgan fingerprint density at radius 1 is 1.28 bits per heavy atom. The Morgan fingerprint density at radius 2 is 2.17 bits per heavy atom. The van der Waals surface area contributed by atoms with Gasteiger partial charge in [0.05, 0.1) is 12.2 Å². The van der Waals surface area contributed by atoms with Crippen LogP contribution in [0.25, 0.3) is 0 Å². The fourth-order valence-corrected chi connectivity index (χ4v) is 3.92. The number of methoxy groups -OCH3 is 1. The fourth-order valence-electron chi connectivity index (χ4n) is 3.92. The number of nitrogens with one attached hydrogen (secondary N) is 1. The van der Waals surface area contributed by atoms with Crippen LogP contribution in [-0.4, -0.2) is 55.2 Å². The Balaban J connectivity index is 1.34. The van der Waals surface area contributed by atoms with Crippen molar-refractivity contribution in [2.75, 3.05) is 33.4 Å². The third kappa shape index (κ3) is 4.95. The number of carbonyl (C=O) groups is 1. The first-order valence-corrected chi connectivity index (χ1v) is 10.5. The van der Waals surface area contributed by atoms with Gasteiger partial charge in [0.25, 0.3) is 5.91 Å². The number of nitrogens with zero attached hydrogens (tertiary/aromatic N) is 2. The molecule has 4 rings (SSSR count). The highest BCUT2D eigenvalue weighted by molar-refractivity contribution is 5.93. The van der Waals surface area contributed by atoms with E-state index in [1.807, 2.05) is 0 Å². The first-order valence-electron chi connectivity index (χ1n) is 10.5. The van der Waals surface area contributed by atoms with Crippen LogP contribution >= 0.6 is 0 Å². The number of rotatable bonds is 7. The van der Waals surface area contributed by atoms with E-state index in [1.54, 1.807) is 25.4 Å². The maximum Gasteiger partial charge on any atom is 0.252 e. The van der Waals surface area contributed by atoms with E-state index in [0.29, 0.717) is 24.6 Å². The SMILES string of the molecule is COCCNC(=O)c1ccc(OC2=CC=C3CCN(C4CCC4)CC=C3C2)nc1. The van der Waals surface area contributed by atoms with Crippen molar-refractivity contribution in [3.05, 3.63) is 59.0 Å². The minimum atomic E-state index is -0.162. The second-order valence-corrected chi connectivity index (χ2v) is 7.80. The summed E-state index contributed by atoms with van der Waals surface area (Å²) in [5, 5.41) is 2.78. The van der Waals surface area contributed by atoms with Crippen molar-refractivity contribution in [2.24, 2.45) is 0 Å².